The minimum absolute atomic E-state index is 0.0647. The first-order valence-electron chi connectivity index (χ1n) is 7.50. The lowest BCUT2D eigenvalue weighted by molar-refractivity contribution is -0.139. The maximum Gasteiger partial charge on any atom is 0.317 e. The van der Waals surface area contributed by atoms with Gasteiger partial charge in [0.2, 0.25) is 0 Å². The van der Waals surface area contributed by atoms with Crippen molar-refractivity contribution in [1.82, 2.24) is 15.5 Å². The van der Waals surface area contributed by atoms with Gasteiger partial charge in [0.15, 0.2) is 0 Å². The number of unbranched alkanes of at least 4 members (excludes halogenated alkanes) is 2. The lowest BCUT2D eigenvalue weighted by Crippen LogP contribution is -2.56. The van der Waals surface area contributed by atoms with Crippen molar-refractivity contribution >= 4 is 12.0 Å². The molecule has 0 spiro atoms. The zero-order chi connectivity index (χ0) is 15.7. The molecule has 1 rings (SSSR count). The van der Waals surface area contributed by atoms with Crippen molar-refractivity contribution < 1.29 is 14.7 Å². The van der Waals surface area contributed by atoms with Crippen molar-refractivity contribution in [3.05, 3.63) is 0 Å². The van der Waals surface area contributed by atoms with E-state index in [0.29, 0.717) is 13.1 Å². The summed E-state index contributed by atoms with van der Waals surface area (Å²) in [5, 5.41) is 14.5. The van der Waals surface area contributed by atoms with Crippen LogP contribution in [0.3, 0.4) is 0 Å². The van der Waals surface area contributed by atoms with Gasteiger partial charge in [0.25, 0.3) is 0 Å². The van der Waals surface area contributed by atoms with E-state index >= 15 is 0 Å². The molecule has 0 aliphatic heterocycles. The molecule has 1 fully saturated rings. The molecule has 3 N–H and O–H groups in total. The Hall–Kier alpha value is -1.74. The number of hydrogen-bond acceptors (Lipinski definition) is 3. The fraction of sp³-hybridized carbons (Fsp3) is 0.733. The second-order valence-electron chi connectivity index (χ2n) is 5.34. The maximum atomic E-state index is 11.6. The van der Waals surface area contributed by atoms with E-state index in [4.69, 9.17) is 11.5 Å². The monoisotopic (exact) mass is 295 g/mol. The molecule has 6 nitrogen and oxygen atoms in total. The topological polar surface area (TPSA) is 81.7 Å². The van der Waals surface area contributed by atoms with Crippen LogP contribution in [-0.2, 0) is 4.79 Å². The van der Waals surface area contributed by atoms with Gasteiger partial charge < -0.3 is 15.7 Å². The van der Waals surface area contributed by atoms with Gasteiger partial charge in [0, 0.05) is 25.0 Å². The molecule has 0 atom stereocenters. The summed E-state index contributed by atoms with van der Waals surface area (Å²) < 4.78 is 0. The Morgan fingerprint density at radius 3 is 2.67 bits per heavy atom. The van der Waals surface area contributed by atoms with Gasteiger partial charge in [-0.25, -0.2) is 4.79 Å². The molecule has 0 aromatic heterocycles. The third kappa shape index (κ3) is 6.50. The number of nitrogens with zero attached hydrogens (tertiary/aromatic N) is 1. The van der Waals surface area contributed by atoms with Crippen LogP contribution in [0.4, 0.5) is 4.79 Å². The summed E-state index contributed by atoms with van der Waals surface area (Å²) in [6.45, 7) is 3.36. The molecule has 0 radical (unpaired) electrons. The molecule has 21 heavy (non-hydrogen) atoms. The summed E-state index contributed by atoms with van der Waals surface area (Å²) in [4.78, 5) is 24.3. The van der Waals surface area contributed by atoms with Crippen LogP contribution in [0.15, 0.2) is 0 Å². The highest BCUT2D eigenvalue weighted by atomic mass is 16.4. The van der Waals surface area contributed by atoms with E-state index in [1.807, 2.05) is 11.8 Å². The van der Waals surface area contributed by atoms with E-state index in [0.717, 1.165) is 32.1 Å². The van der Waals surface area contributed by atoms with Crippen LogP contribution in [0.1, 0.15) is 39.0 Å². The van der Waals surface area contributed by atoms with Crippen LogP contribution in [0.5, 0.6) is 0 Å². The minimum atomic E-state index is -0.807. The molecule has 0 aromatic rings. The lowest BCUT2D eigenvalue weighted by atomic mass is 9.85. The molecule has 0 unspecified atom stereocenters. The number of hydrogen-bond donors (Lipinski definition) is 3. The zero-order valence-corrected chi connectivity index (χ0v) is 12.6. The molecule has 0 bridgehead atoms. The average Bonchev–Trinajstić information content (AvgIpc) is 2.39. The molecule has 1 aliphatic rings. The number of likely N-dealkylation sites (N-methyl/N-ethyl adjacent to an activating group) is 1. The molecule has 0 aromatic carbocycles. The molecule has 6 heteroatoms. The molecular weight excluding hydrogens is 270 g/mol. The van der Waals surface area contributed by atoms with Crippen LogP contribution in [0, 0.1) is 12.3 Å². The van der Waals surface area contributed by atoms with Gasteiger partial charge in [0.1, 0.15) is 0 Å². The quantitative estimate of drug-likeness (QED) is 0.438. The van der Waals surface area contributed by atoms with Crippen LogP contribution >= 0.6 is 0 Å². The largest absolute Gasteiger partial charge is 0.480 e. The van der Waals surface area contributed by atoms with E-state index in [9.17, 15) is 9.59 Å². The van der Waals surface area contributed by atoms with E-state index in [1.54, 1.807) is 0 Å². The van der Waals surface area contributed by atoms with Crippen LogP contribution in [0.25, 0.3) is 0 Å². The summed E-state index contributed by atoms with van der Waals surface area (Å²) in [6.07, 6.45) is 9.31. The second-order valence-corrected chi connectivity index (χ2v) is 5.34. The van der Waals surface area contributed by atoms with Gasteiger partial charge in [-0.1, -0.05) is 6.92 Å². The molecule has 2 amide bonds. The van der Waals surface area contributed by atoms with Crippen molar-refractivity contribution in [2.75, 3.05) is 19.6 Å². The van der Waals surface area contributed by atoms with E-state index in [2.05, 4.69) is 16.6 Å². The minimum Gasteiger partial charge on any atom is -0.480 e. The van der Waals surface area contributed by atoms with Crippen molar-refractivity contribution in [3.63, 3.8) is 0 Å². The summed E-state index contributed by atoms with van der Waals surface area (Å²) in [7, 11) is 0. The Morgan fingerprint density at radius 1 is 1.38 bits per heavy atom. The van der Waals surface area contributed by atoms with E-state index in [-0.39, 0.29) is 24.7 Å². The number of amides is 2. The van der Waals surface area contributed by atoms with Gasteiger partial charge in [-0.05, 0) is 32.2 Å². The summed E-state index contributed by atoms with van der Waals surface area (Å²) >= 11 is 0. The number of rotatable bonds is 9. The molecule has 1 aliphatic carbocycles. The van der Waals surface area contributed by atoms with Crippen molar-refractivity contribution in [3.8, 4) is 12.3 Å². The molecule has 118 valence electrons. The number of urea groups is 1. The smallest absolute Gasteiger partial charge is 0.317 e. The first-order valence-corrected chi connectivity index (χ1v) is 7.50. The molecule has 1 saturated carbocycles. The standard InChI is InChI=1S/C15H25N3O3/c1-3-5-6-7-8-16-15(21)17-12-9-13(10-12)18(4-2)11-14(19)20/h1,12-13H,4-11H2,2H3,(H,19,20)(H2,16,17,21). The predicted octanol–water partition coefficient (Wildman–Crippen LogP) is 1.03. The SMILES string of the molecule is C#CCCCCNC(=O)NC1CC(N(CC)CC(=O)O)C1. The Balaban J connectivity index is 2.12. The van der Waals surface area contributed by atoms with E-state index < -0.39 is 5.97 Å². The van der Waals surface area contributed by atoms with Gasteiger partial charge >= 0.3 is 12.0 Å². The number of terminal acetylenes is 1. The van der Waals surface area contributed by atoms with Crippen LogP contribution < -0.4 is 10.6 Å². The highest BCUT2D eigenvalue weighted by molar-refractivity contribution is 5.74. The number of carbonyl (C=O) groups excluding carboxylic acids is 1. The first-order chi connectivity index (χ1) is 10.1. The molecular formula is C15H25N3O3. The lowest BCUT2D eigenvalue weighted by Gasteiger charge is -2.42. The molecule has 0 heterocycles. The third-order valence-electron chi connectivity index (χ3n) is 3.74. The summed E-state index contributed by atoms with van der Waals surface area (Å²) in [5.41, 5.74) is 0. The zero-order valence-electron chi connectivity index (χ0n) is 12.6. The van der Waals surface area contributed by atoms with Crippen LogP contribution in [-0.4, -0.2) is 53.7 Å². The fourth-order valence-corrected chi connectivity index (χ4v) is 2.47. The summed E-state index contributed by atoms with van der Waals surface area (Å²) in [6, 6.07) is 0.246. The second kappa shape index (κ2) is 9.24. The molecule has 0 saturated heterocycles. The normalized spacial score (nSPS) is 20.4. The first kappa shape index (κ1) is 17.3. The van der Waals surface area contributed by atoms with Gasteiger partial charge in [-0.15, -0.1) is 12.3 Å². The Bertz CT molecular complexity index is 386. The number of carboxylic acid groups (broad SMARTS) is 1. The van der Waals surface area contributed by atoms with Crippen molar-refractivity contribution in [2.24, 2.45) is 0 Å². The predicted molar refractivity (Wildman–Crippen MR) is 80.9 cm³/mol. The Labute approximate surface area is 126 Å². The van der Waals surface area contributed by atoms with Crippen molar-refractivity contribution in [2.45, 2.75) is 51.1 Å². The number of carbonyl (C=O) groups is 2. The Kier molecular flexibility index (Phi) is 7.62. The van der Waals surface area contributed by atoms with Crippen molar-refractivity contribution in [1.29, 1.82) is 0 Å². The number of nitrogens with one attached hydrogen (secondary N) is 2. The van der Waals surface area contributed by atoms with Gasteiger partial charge in [-0.3, -0.25) is 9.69 Å². The average molecular weight is 295 g/mol. The maximum absolute atomic E-state index is 11.6. The third-order valence-corrected chi connectivity index (χ3v) is 3.74. The summed E-state index contributed by atoms with van der Waals surface area (Å²) in [5.74, 6) is 1.76. The Morgan fingerprint density at radius 2 is 2.10 bits per heavy atom. The van der Waals surface area contributed by atoms with Gasteiger partial charge in [-0.2, -0.15) is 0 Å². The van der Waals surface area contributed by atoms with Gasteiger partial charge in [0.05, 0.1) is 6.54 Å². The fourth-order valence-electron chi connectivity index (χ4n) is 2.47. The highest BCUT2D eigenvalue weighted by Crippen LogP contribution is 2.25. The van der Waals surface area contributed by atoms with Crippen LogP contribution in [0.2, 0.25) is 0 Å². The van der Waals surface area contributed by atoms with E-state index in [1.165, 1.54) is 0 Å². The highest BCUT2D eigenvalue weighted by Gasteiger charge is 2.34. The number of carboxylic acids is 1. The number of aliphatic carboxylic acids is 1.